The monoisotopic (exact) mass is 266 g/mol. The summed E-state index contributed by atoms with van der Waals surface area (Å²) in [6, 6.07) is 0. The van der Waals surface area contributed by atoms with Crippen LogP contribution < -0.4 is 5.32 Å². The van der Waals surface area contributed by atoms with Gasteiger partial charge in [-0.2, -0.15) is 0 Å². The van der Waals surface area contributed by atoms with Gasteiger partial charge in [0.15, 0.2) is 0 Å². The quantitative estimate of drug-likeness (QED) is 0.808. The molecule has 0 aromatic heterocycles. The Balaban J connectivity index is 1.62. The zero-order valence-corrected chi connectivity index (χ0v) is 11.5. The normalized spacial score (nSPS) is 35.6. The average molecular weight is 266 g/mol. The summed E-state index contributed by atoms with van der Waals surface area (Å²) in [4.78, 5) is 26.1. The molecule has 0 aromatic carbocycles. The molecule has 3 aliphatic rings. The molecule has 5 heteroatoms. The highest BCUT2D eigenvalue weighted by Crippen LogP contribution is 2.41. The lowest BCUT2D eigenvalue weighted by atomic mass is 9.91. The lowest BCUT2D eigenvalue weighted by Crippen LogP contribution is -2.66. The average Bonchev–Trinajstić information content (AvgIpc) is 3.11. The van der Waals surface area contributed by atoms with Gasteiger partial charge in [0.25, 0.3) is 0 Å². The standard InChI is InChI=1S/C14H22N2O3/c1-14(11-2-3-11)13(18)16(8-12(17)15-14)6-4-10-5-7-19-9-10/h10-11H,2-9H2,1H3,(H,15,17). The number of carbonyl (C=O) groups is 2. The molecule has 2 aliphatic heterocycles. The first-order chi connectivity index (χ1) is 9.09. The van der Waals surface area contributed by atoms with Gasteiger partial charge in [0.2, 0.25) is 11.8 Å². The van der Waals surface area contributed by atoms with E-state index in [1.807, 2.05) is 6.92 Å². The number of nitrogens with zero attached hydrogens (tertiary/aromatic N) is 1. The molecule has 0 spiro atoms. The Bertz CT molecular complexity index is 388. The van der Waals surface area contributed by atoms with Crippen LogP contribution in [-0.4, -0.2) is 48.6 Å². The number of amides is 2. The first-order valence-electron chi connectivity index (χ1n) is 7.28. The van der Waals surface area contributed by atoms with Crippen LogP contribution in [0.15, 0.2) is 0 Å². The highest BCUT2D eigenvalue weighted by molar-refractivity contribution is 5.98. The summed E-state index contributed by atoms with van der Waals surface area (Å²) in [6.07, 6.45) is 4.12. The number of ether oxygens (including phenoxy) is 1. The van der Waals surface area contributed by atoms with Crippen LogP contribution in [0.25, 0.3) is 0 Å². The van der Waals surface area contributed by atoms with Gasteiger partial charge in [-0.25, -0.2) is 0 Å². The van der Waals surface area contributed by atoms with E-state index >= 15 is 0 Å². The number of carbonyl (C=O) groups excluding carboxylic acids is 2. The lowest BCUT2D eigenvalue weighted by Gasteiger charge is -2.40. The molecule has 0 bridgehead atoms. The maximum absolute atomic E-state index is 12.6. The summed E-state index contributed by atoms with van der Waals surface area (Å²) in [5, 5.41) is 2.91. The highest BCUT2D eigenvalue weighted by Gasteiger charge is 2.52. The number of nitrogens with one attached hydrogen (secondary N) is 1. The van der Waals surface area contributed by atoms with Crippen LogP contribution in [0.5, 0.6) is 0 Å². The molecule has 3 rings (SSSR count). The number of hydrogen-bond donors (Lipinski definition) is 1. The van der Waals surface area contributed by atoms with Crippen LogP contribution in [0.1, 0.15) is 32.6 Å². The summed E-state index contributed by atoms with van der Waals surface area (Å²) < 4.78 is 5.35. The molecule has 2 unspecified atom stereocenters. The van der Waals surface area contributed by atoms with E-state index in [1.54, 1.807) is 4.90 Å². The van der Waals surface area contributed by atoms with E-state index in [4.69, 9.17) is 4.74 Å². The third-order valence-electron chi connectivity index (χ3n) is 4.69. The number of rotatable bonds is 4. The van der Waals surface area contributed by atoms with Crippen molar-refractivity contribution in [3.05, 3.63) is 0 Å². The molecule has 1 aliphatic carbocycles. The maximum Gasteiger partial charge on any atom is 0.248 e. The van der Waals surface area contributed by atoms with Gasteiger partial charge < -0.3 is 15.0 Å². The smallest absolute Gasteiger partial charge is 0.248 e. The second kappa shape index (κ2) is 4.78. The molecular formula is C14H22N2O3. The van der Waals surface area contributed by atoms with Crippen molar-refractivity contribution in [1.82, 2.24) is 10.2 Å². The van der Waals surface area contributed by atoms with Crippen molar-refractivity contribution in [2.75, 3.05) is 26.3 Å². The Kier molecular flexibility index (Phi) is 3.25. The molecule has 1 N–H and O–H groups in total. The largest absolute Gasteiger partial charge is 0.381 e. The summed E-state index contributed by atoms with van der Waals surface area (Å²) >= 11 is 0. The highest BCUT2D eigenvalue weighted by atomic mass is 16.5. The Hall–Kier alpha value is -1.10. The van der Waals surface area contributed by atoms with Crippen molar-refractivity contribution in [1.29, 1.82) is 0 Å². The molecule has 2 amide bonds. The van der Waals surface area contributed by atoms with Gasteiger partial charge in [0.1, 0.15) is 5.54 Å². The van der Waals surface area contributed by atoms with Gasteiger partial charge >= 0.3 is 0 Å². The third kappa shape index (κ3) is 2.48. The van der Waals surface area contributed by atoms with Crippen molar-refractivity contribution in [3.8, 4) is 0 Å². The second-order valence-corrected chi connectivity index (χ2v) is 6.27. The van der Waals surface area contributed by atoms with Crippen molar-refractivity contribution in [2.24, 2.45) is 11.8 Å². The van der Waals surface area contributed by atoms with Gasteiger partial charge in [-0.1, -0.05) is 0 Å². The minimum absolute atomic E-state index is 0.0170. The second-order valence-electron chi connectivity index (χ2n) is 6.27. The van der Waals surface area contributed by atoms with E-state index in [2.05, 4.69) is 5.32 Å². The Labute approximate surface area is 113 Å². The number of hydrogen-bond acceptors (Lipinski definition) is 3. The fraction of sp³-hybridized carbons (Fsp3) is 0.857. The predicted octanol–water partition coefficient (Wildman–Crippen LogP) is 0.540. The van der Waals surface area contributed by atoms with Crippen molar-refractivity contribution >= 4 is 11.8 Å². The topological polar surface area (TPSA) is 58.6 Å². The van der Waals surface area contributed by atoms with Crippen LogP contribution in [-0.2, 0) is 14.3 Å². The van der Waals surface area contributed by atoms with Gasteiger partial charge in [0, 0.05) is 19.8 Å². The SMILES string of the molecule is CC1(C2CC2)NC(=O)CN(CCC2CCOC2)C1=O. The van der Waals surface area contributed by atoms with E-state index < -0.39 is 5.54 Å². The molecule has 2 heterocycles. The first-order valence-corrected chi connectivity index (χ1v) is 7.28. The zero-order valence-electron chi connectivity index (χ0n) is 11.5. The van der Waals surface area contributed by atoms with E-state index in [0.717, 1.165) is 38.9 Å². The van der Waals surface area contributed by atoms with Crippen molar-refractivity contribution in [2.45, 2.75) is 38.1 Å². The molecule has 19 heavy (non-hydrogen) atoms. The molecule has 2 atom stereocenters. The minimum Gasteiger partial charge on any atom is -0.381 e. The van der Waals surface area contributed by atoms with Crippen LogP contribution in [0.2, 0.25) is 0 Å². The van der Waals surface area contributed by atoms with E-state index in [1.165, 1.54) is 0 Å². The summed E-state index contributed by atoms with van der Waals surface area (Å²) in [5.41, 5.74) is -0.651. The molecular weight excluding hydrogens is 244 g/mol. The lowest BCUT2D eigenvalue weighted by molar-refractivity contribution is -0.150. The van der Waals surface area contributed by atoms with Gasteiger partial charge in [0.05, 0.1) is 6.54 Å². The fourth-order valence-corrected chi connectivity index (χ4v) is 3.22. The van der Waals surface area contributed by atoms with Crippen LogP contribution in [0, 0.1) is 11.8 Å². The minimum atomic E-state index is -0.651. The van der Waals surface area contributed by atoms with E-state index in [-0.39, 0.29) is 18.4 Å². The van der Waals surface area contributed by atoms with Gasteiger partial charge in [-0.15, -0.1) is 0 Å². The fourth-order valence-electron chi connectivity index (χ4n) is 3.22. The third-order valence-corrected chi connectivity index (χ3v) is 4.69. The Morgan fingerprint density at radius 3 is 2.79 bits per heavy atom. The Morgan fingerprint density at radius 2 is 2.16 bits per heavy atom. The molecule has 3 fully saturated rings. The van der Waals surface area contributed by atoms with Crippen LogP contribution in [0.3, 0.4) is 0 Å². The molecule has 1 saturated carbocycles. The zero-order chi connectivity index (χ0) is 13.5. The first kappa shape index (κ1) is 12.9. The van der Waals surface area contributed by atoms with E-state index in [9.17, 15) is 9.59 Å². The number of piperazine rings is 1. The maximum atomic E-state index is 12.6. The summed E-state index contributed by atoms with van der Waals surface area (Å²) in [5.74, 6) is 0.969. The van der Waals surface area contributed by atoms with Crippen LogP contribution >= 0.6 is 0 Å². The molecule has 5 nitrogen and oxygen atoms in total. The van der Waals surface area contributed by atoms with Crippen LogP contribution in [0.4, 0.5) is 0 Å². The van der Waals surface area contributed by atoms with E-state index in [0.29, 0.717) is 18.4 Å². The van der Waals surface area contributed by atoms with Gasteiger partial charge in [-0.3, -0.25) is 9.59 Å². The Morgan fingerprint density at radius 1 is 1.37 bits per heavy atom. The van der Waals surface area contributed by atoms with Crippen molar-refractivity contribution in [3.63, 3.8) is 0 Å². The summed E-state index contributed by atoms with van der Waals surface area (Å²) in [7, 11) is 0. The summed E-state index contributed by atoms with van der Waals surface area (Å²) in [6.45, 7) is 4.42. The van der Waals surface area contributed by atoms with Gasteiger partial charge in [-0.05, 0) is 44.4 Å². The molecule has 106 valence electrons. The molecule has 0 radical (unpaired) electrons. The molecule has 0 aromatic rings. The molecule has 2 saturated heterocycles. The predicted molar refractivity (Wildman–Crippen MR) is 69.4 cm³/mol. The van der Waals surface area contributed by atoms with Crippen molar-refractivity contribution < 1.29 is 14.3 Å².